The van der Waals surface area contributed by atoms with Gasteiger partial charge >= 0.3 is 0 Å². The standard InChI is InChI=1S/C7H12N2S/c1-6(10)9-7-4-2-3-5-8-7/h5,7H,2-4H2,1H3,(H,9,10). The summed E-state index contributed by atoms with van der Waals surface area (Å²) in [5, 5.41) is 3.12. The molecular formula is C7H12N2S. The van der Waals surface area contributed by atoms with Gasteiger partial charge in [0.25, 0.3) is 0 Å². The Bertz CT molecular complexity index is 154. The van der Waals surface area contributed by atoms with Crippen LogP contribution in [0.1, 0.15) is 26.2 Å². The van der Waals surface area contributed by atoms with Gasteiger partial charge in [-0.15, -0.1) is 0 Å². The number of hydrogen-bond donors (Lipinski definition) is 1. The van der Waals surface area contributed by atoms with Crippen molar-refractivity contribution in [3.63, 3.8) is 0 Å². The van der Waals surface area contributed by atoms with Crippen LogP contribution in [0, 0.1) is 0 Å². The maximum absolute atomic E-state index is 4.89. The minimum Gasteiger partial charge on any atom is -0.359 e. The third kappa shape index (κ3) is 2.43. The van der Waals surface area contributed by atoms with Gasteiger partial charge in [0.2, 0.25) is 0 Å². The van der Waals surface area contributed by atoms with Crippen molar-refractivity contribution in [1.82, 2.24) is 5.32 Å². The van der Waals surface area contributed by atoms with Gasteiger partial charge in [0.05, 0.1) is 4.99 Å². The Morgan fingerprint density at radius 3 is 3.10 bits per heavy atom. The van der Waals surface area contributed by atoms with Crippen LogP contribution in [0.15, 0.2) is 4.99 Å². The van der Waals surface area contributed by atoms with Crippen LogP contribution < -0.4 is 5.32 Å². The van der Waals surface area contributed by atoms with Crippen LogP contribution in [0.3, 0.4) is 0 Å². The van der Waals surface area contributed by atoms with Crippen molar-refractivity contribution < 1.29 is 0 Å². The minimum absolute atomic E-state index is 0.256. The Morgan fingerprint density at radius 1 is 1.80 bits per heavy atom. The molecule has 56 valence electrons. The average molecular weight is 156 g/mol. The molecule has 1 heterocycles. The first-order chi connectivity index (χ1) is 4.79. The summed E-state index contributed by atoms with van der Waals surface area (Å²) in [7, 11) is 0. The molecule has 0 bridgehead atoms. The zero-order valence-electron chi connectivity index (χ0n) is 6.13. The molecule has 0 aromatic heterocycles. The molecule has 2 nitrogen and oxygen atoms in total. The summed E-state index contributed by atoms with van der Waals surface area (Å²) in [6.45, 7) is 1.89. The van der Waals surface area contributed by atoms with Crippen LogP contribution in [0.4, 0.5) is 0 Å². The third-order valence-electron chi connectivity index (χ3n) is 1.47. The topological polar surface area (TPSA) is 24.4 Å². The van der Waals surface area contributed by atoms with E-state index < -0.39 is 0 Å². The highest BCUT2D eigenvalue weighted by atomic mass is 32.1. The molecule has 1 unspecified atom stereocenters. The monoisotopic (exact) mass is 156 g/mol. The minimum atomic E-state index is 0.256. The normalized spacial score (nSPS) is 24.3. The second-order valence-electron chi connectivity index (χ2n) is 2.48. The first-order valence-corrected chi connectivity index (χ1v) is 3.98. The molecule has 0 aliphatic carbocycles. The molecule has 0 saturated carbocycles. The molecule has 0 spiro atoms. The molecular weight excluding hydrogens is 144 g/mol. The highest BCUT2D eigenvalue weighted by molar-refractivity contribution is 7.80. The van der Waals surface area contributed by atoms with Crippen molar-refractivity contribution in [2.75, 3.05) is 0 Å². The van der Waals surface area contributed by atoms with Gasteiger partial charge in [0.15, 0.2) is 0 Å². The van der Waals surface area contributed by atoms with E-state index in [1.807, 2.05) is 13.1 Å². The van der Waals surface area contributed by atoms with Gasteiger partial charge in [0, 0.05) is 6.21 Å². The van der Waals surface area contributed by atoms with Crippen LogP contribution in [0.2, 0.25) is 0 Å². The molecule has 0 aromatic rings. The van der Waals surface area contributed by atoms with Crippen molar-refractivity contribution >= 4 is 23.4 Å². The molecule has 1 atom stereocenters. The Hall–Kier alpha value is -0.440. The molecule has 0 aromatic carbocycles. The van der Waals surface area contributed by atoms with Crippen LogP contribution in [0.5, 0.6) is 0 Å². The van der Waals surface area contributed by atoms with E-state index >= 15 is 0 Å². The van der Waals surface area contributed by atoms with Crippen molar-refractivity contribution in [3.8, 4) is 0 Å². The second kappa shape index (κ2) is 3.66. The van der Waals surface area contributed by atoms with E-state index in [9.17, 15) is 0 Å². The fourth-order valence-corrected chi connectivity index (χ4v) is 1.16. The fourth-order valence-electron chi connectivity index (χ4n) is 1.02. The summed E-state index contributed by atoms with van der Waals surface area (Å²) in [6, 6.07) is 0. The van der Waals surface area contributed by atoms with Crippen molar-refractivity contribution in [3.05, 3.63) is 0 Å². The number of nitrogens with one attached hydrogen (secondary N) is 1. The Kier molecular flexibility index (Phi) is 2.81. The average Bonchev–Trinajstić information content (AvgIpc) is 1.88. The van der Waals surface area contributed by atoms with Gasteiger partial charge in [-0.2, -0.15) is 0 Å². The van der Waals surface area contributed by atoms with Gasteiger partial charge in [-0.3, -0.25) is 4.99 Å². The molecule has 0 fully saturated rings. The summed E-state index contributed by atoms with van der Waals surface area (Å²) in [6.07, 6.45) is 5.69. The van der Waals surface area contributed by atoms with Gasteiger partial charge in [-0.05, 0) is 26.2 Å². The Morgan fingerprint density at radius 2 is 2.60 bits per heavy atom. The third-order valence-corrected chi connectivity index (χ3v) is 1.58. The van der Waals surface area contributed by atoms with Crippen molar-refractivity contribution in [2.45, 2.75) is 32.4 Å². The van der Waals surface area contributed by atoms with E-state index in [4.69, 9.17) is 12.2 Å². The zero-order chi connectivity index (χ0) is 7.40. The summed E-state index contributed by atoms with van der Waals surface area (Å²) >= 11 is 4.89. The van der Waals surface area contributed by atoms with E-state index in [1.54, 1.807) is 0 Å². The molecule has 1 aliphatic rings. The van der Waals surface area contributed by atoms with Gasteiger partial charge in [-0.25, -0.2) is 0 Å². The lowest BCUT2D eigenvalue weighted by molar-refractivity contribution is 0.549. The summed E-state index contributed by atoms with van der Waals surface area (Å²) in [5.74, 6) is 0. The number of thiocarbonyl (C=S) groups is 1. The molecule has 1 N–H and O–H groups in total. The number of hydrogen-bond acceptors (Lipinski definition) is 2. The fraction of sp³-hybridized carbons (Fsp3) is 0.714. The Balaban J connectivity index is 2.33. The number of rotatable bonds is 1. The highest BCUT2D eigenvalue weighted by Gasteiger charge is 2.07. The zero-order valence-corrected chi connectivity index (χ0v) is 6.95. The van der Waals surface area contributed by atoms with Gasteiger partial charge < -0.3 is 5.32 Å². The SMILES string of the molecule is CC(=S)NC1CCCC=N1. The smallest absolute Gasteiger partial charge is 0.118 e. The summed E-state index contributed by atoms with van der Waals surface area (Å²) in [5.41, 5.74) is 0. The predicted molar refractivity (Wildman–Crippen MR) is 47.5 cm³/mol. The molecule has 1 rings (SSSR count). The molecule has 0 saturated heterocycles. The van der Waals surface area contributed by atoms with Crippen LogP contribution in [0.25, 0.3) is 0 Å². The van der Waals surface area contributed by atoms with Gasteiger partial charge in [-0.1, -0.05) is 12.2 Å². The van der Waals surface area contributed by atoms with Crippen LogP contribution >= 0.6 is 12.2 Å². The lowest BCUT2D eigenvalue weighted by Crippen LogP contribution is -2.31. The van der Waals surface area contributed by atoms with Crippen molar-refractivity contribution in [1.29, 1.82) is 0 Å². The highest BCUT2D eigenvalue weighted by Crippen LogP contribution is 2.06. The largest absolute Gasteiger partial charge is 0.359 e. The maximum Gasteiger partial charge on any atom is 0.118 e. The second-order valence-corrected chi connectivity index (χ2v) is 3.09. The number of aliphatic imine (C=N–C) groups is 1. The molecule has 0 radical (unpaired) electrons. The Labute approximate surface area is 66.7 Å². The van der Waals surface area contributed by atoms with E-state index in [1.165, 1.54) is 6.42 Å². The van der Waals surface area contributed by atoms with E-state index in [-0.39, 0.29) is 6.17 Å². The lowest BCUT2D eigenvalue weighted by Gasteiger charge is -2.16. The quantitative estimate of drug-likeness (QED) is 0.582. The molecule has 3 heteroatoms. The van der Waals surface area contributed by atoms with E-state index in [2.05, 4.69) is 10.3 Å². The summed E-state index contributed by atoms with van der Waals surface area (Å²) < 4.78 is 0. The molecule has 1 aliphatic heterocycles. The van der Waals surface area contributed by atoms with Crippen LogP contribution in [-0.2, 0) is 0 Å². The lowest BCUT2D eigenvalue weighted by atomic mass is 10.2. The molecule has 10 heavy (non-hydrogen) atoms. The van der Waals surface area contributed by atoms with E-state index in [0.29, 0.717) is 0 Å². The van der Waals surface area contributed by atoms with Gasteiger partial charge in [0.1, 0.15) is 6.17 Å². The van der Waals surface area contributed by atoms with Crippen LogP contribution in [-0.4, -0.2) is 17.4 Å². The summed E-state index contributed by atoms with van der Waals surface area (Å²) in [4.78, 5) is 5.08. The van der Waals surface area contributed by atoms with Crippen molar-refractivity contribution in [2.24, 2.45) is 4.99 Å². The number of nitrogens with zero attached hydrogens (tertiary/aromatic N) is 1. The predicted octanol–water partition coefficient (Wildman–Crippen LogP) is 1.50. The maximum atomic E-state index is 4.89. The van der Waals surface area contributed by atoms with E-state index in [0.717, 1.165) is 17.8 Å². The molecule has 0 amide bonds. The first-order valence-electron chi connectivity index (χ1n) is 3.58. The first kappa shape index (κ1) is 7.66.